The van der Waals surface area contributed by atoms with E-state index in [-0.39, 0.29) is 5.41 Å². The highest BCUT2D eigenvalue weighted by Crippen LogP contribution is 2.39. The Bertz CT molecular complexity index is 427. The Morgan fingerprint density at radius 2 is 2.00 bits per heavy atom. The smallest absolute Gasteiger partial charge is 0.178 e. The van der Waals surface area contributed by atoms with Crippen molar-refractivity contribution in [2.75, 3.05) is 7.05 Å². The van der Waals surface area contributed by atoms with E-state index < -0.39 is 0 Å². The monoisotopic (exact) mass is 284 g/mol. The third kappa shape index (κ3) is 2.04. The van der Waals surface area contributed by atoms with E-state index in [0.29, 0.717) is 5.11 Å². The number of nitrogens with zero attached hydrogens (tertiary/aromatic N) is 1. The van der Waals surface area contributed by atoms with E-state index in [2.05, 4.69) is 18.3 Å². The van der Waals surface area contributed by atoms with Gasteiger partial charge >= 0.3 is 0 Å². The van der Waals surface area contributed by atoms with Gasteiger partial charge < -0.3 is 10.2 Å². The highest BCUT2D eigenvalue weighted by molar-refractivity contribution is 7.83. The Balaban J connectivity index is 2.40. The number of hydrogen-bond acceptors (Lipinski definition) is 3. The van der Waals surface area contributed by atoms with Gasteiger partial charge in [0.05, 0.1) is 10.4 Å². The molecule has 0 aromatic rings. The van der Waals surface area contributed by atoms with Crippen LogP contribution in [0.5, 0.6) is 0 Å². The molecule has 92 valence electrons. The molecule has 17 heavy (non-hydrogen) atoms. The summed E-state index contributed by atoms with van der Waals surface area (Å²) in [6.07, 6.45) is 7.00. The molecule has 0 aromatic heterocycles. The Kier molecular flexibility index (Phi) is 3.61. The van der Waals surface area contributed by atoms with Crippen LogP contribution < -0.4 is 5.32 Å². The third-order valence-corrected chi connectivity index (χ3v) is 5.21. The van der Waals surface area contributed by atoms with Crippen LogP contribution in [0.25, 0.3) is 0 Å². The van der Waals surface area contributed by atoms with Gasteiger partial charge in [0.1, 0.15) is 4.99 Å². The number of nitrogens with one attached hydrogen (secondary N) is 1. The first-order valence-electron chi connectivity index (χ1n) is 5.81. The van der Waals surface area contributed by atoms with E-state index in [1.165, 1.54) is 18.4 Å². The number of hydrogen-bond donors (Lipinski definition) is 1. The van der Waals surface area contributed by atoms with Gasteiger partial charge in [-0.15, -0.1) is 0 Å². The summed E-state index contributed by atoms with van der Waals surface area (Å²) in [5, 5.41) is 3.71. The second kappa shape index (κ2) is 4.71. The Hall–Kier alpha value is -0.390. The first-order chi connectivity index (χ1) is 7.98. The molecule has 1 saturated heterocycles. The molecule has 0 aromatic carbocycles. The van der Waals surface area contributed by atoms with Gasteiger partial charge in [0.15, 0.2) is 5.11 Å². The molecule has 0 bridgehead atoms. The van der Waals surface area contributed by atoms with Crippen LogP contribution in [-0.2, 0) is 0 Å². The minimum absolute atomic E-state index is 0.331. The van der Waals surface area contributed by atoms with E-state index in [0.717, 1.165) is 22.8 Å². The van der Waals surface area contributed by atoms with Crippen LogP contribution in [0.4, 0.5) is 0 Å². The standard InChI is InChI=1S/C12H16N2S3/c1-12(8-6-4-3-5-7-8)9(15)13-11(17)14(2)10(12)16/h6H,3-5,7H2,1-2H3,(H,13,15,17). The highest BCUT2D eigenvalue weighted by atomic mass is 32.1. The van der Waals surface area contributed by atoms with Crippen LogP contribution in [0.1, 0.15) is 32.6 Å². The number of allylic oxidation sites excluding steroid dienone is 1. The molecule has 0 saturated carbocycles. The molecule has 2 nitrogen and oxygen atoms in total. The second-order valence-corrected chi connectivity index (χ2v) is 5.91. The van der Waals surface area contributed by atoms with E-state index in [4.69, 9.17) is 36.7 Å². The van der Waals surface area contributed by atoms with Gasteiger partial charge in [-0.25, -0.2) is 0 Å². The average Bonchev–Trinajstić information content (AvgIpc) is 2.35. The topological polar surface area (TPSA) is 15.3 Å². The van der Waals surface area contributed by atoms with Crippen molar-refractivity contribution in [3.8, 4) is 0 Å². The van der Waals surface area contributed by atoms with Crippen LogP contribution >= 0.6 is 36.7 Å². The lowest BCUT2D eigenvalue weighted by Gasteiger charge is -2.44. The van der Waals surface area contributed by atoms with Gasteiger partial charge in [0.2, 0.25) is 0 Å². The molecular weight excluding hydrogens is 268 g/mol. The fourth-order valence-electron chi connectivity index (χ4n) is 2.41. The van der Waals surface area contributed by atoms with Crippen molar-refractivity contribution in [1.82, 2.24) is 10.2 Å². The molecule has 1 aliphatic heterocycles. The van der Waals surface area contributed by atoms with Gasteiger partial charge in [0.25, 0.3) is 0 Å². The van der Waals surface area contributed by atoms with Gasteiger partial charge in [0, 0.05) is 7.05 Å². The van der Waals surface area contributed by atoms with Crippen molar-refractivity contribution < 1.29 is 0 Å². The first kappa shape index (κ1) is 13.1. The predicted octanol–water partition coefficient (Wildman–Crippen LogP) is 2.97. The fraction of sp³-hybridized carbons (Fsp3) is 0.583. The van der Waals surface area contributed by atoms with E-state index in [9.17, 15) is 0 Å². The van der Waals surface area contributed by atoms with Crippen LogP contribution in [0.3, 0.4) is 0 Å². The van der Waals surface area contributed by atoms with Crippen molar-refractivity contribution in [2.45, 2.75) is 32.6 Å². The van der Waals surface area contributed by atoms with Crippen molar-refractivity contribution in [1.29, 1.82) is 0 Å². The second-order valence-electron chi connectivity index (χ2n) is 4.72. The van der Waals surface area contributed by atoms with Gasteiger partial charge in [-0.1, -0.05) is 36.1 Å². The number of rotatable bonds is 1. The minimum Gasteiger partial charge on any atom is -0.326 e. The predicted molar refractivity (Wildman–Crippen MR) is 83.4 cm³/mol. The quantitative estimate of drug-likeness (QED) is 0.586. The van der Waals surface area contributed by atoms with E-state index in [1.54, 1.807) is 0 Å². The fourth-order valence-corrected chi connectivity index (χ4v) is 3.44. The van der Waals surface area contributed by atoms with Crippen molar-refractivity contribution in [3.63, 3.8) is 0 Å². The summed E-state index contributed by atoms with van der Waals surface area (Å²) in [7, 11) is 1.90. The van der Waals surface area contributed by atoms with Gasteiger partial charge in [-0.2, -0.15) is 0 Å². The molecule has 0 radical (unpaired) electrons. The zero-order valence-electron chi connectivity index (χ0n) is 10.1. The maximum atomic E-state index is 5.57. The van der Waals surface area contributed by atoms with E-state index in [1.807, 2.05) is 11.9 Å². The maximum Gasteiger partial charge on any atom is 0.178 e. The number of thiocarbonyl (C=S) groups is 3. The molecule has 5 heteroatoms. The summed E-state index contributed by atoms with van der Waals surface area (Å²) in [6, 6.07) is 0. The van der Waals surface area contributed by atoms with Crippen molar-refractivity contribution >= 4 is 51.7 Å². The lowest BCUT2D eigenvalue weighted by Crippen LogP contribution is -2.60. The van der Waals surface area contributed by atoms with Crippen LogP contribution in [0.15, 0.2) is 11.6 Å². The molecule has 1 N–H and O–H groups in total. The average molecular weight is 284 g/mol. The molecule has 1 fully saturated rings. The molecule has 2 rings (SSSR count). The summed E-state index contributed by atoms with van der Waals surface area (Å²) in [4.78, 5) is 3.42. The first-order valence-corrected chi connectivity index (χ1v) is 7.03. The van der Waals surface area contributed by atoms with Gasteiger partial charge in [-0.05, 0) is 44.8 Å². The SMILES string of the molecule is CN1C(=S)NC(=S)C(C)(C2=CCCCC2)C1=S. The minimum atomic E-state index is -0.331. The summed E-state index contributed by atoms with van der Waals surface area (Å²) >= 11 is 16.3. The molecule has 2 aliphatic rings. The summed E-state index contributed by atoms with van der Waals surface area (Å²) in [5.41, 5.74) is 1.02. The molecule has 1 unspecified atom stereocenters. The zero-order chi connectivity index (χ0) is 12.6. The van der Waals surface area contributed by atoms with Crippen LogP contribution in [0, 0.1) is 5.41 Å². The Labute approximate surface area is 118 Å². The molecular formula is C12H16N2S3. The summed E-state index contributed by atoms with van der Waals surface area (Å²) in [5.74, 6) is 0. The summed E-state index contributed by atoms with van der Waals surface area (Å²) in [6.45, 7) is 2.11. The van der Waals surface area contributed by atoms with E-state index >= 15 is 0 Å². The van der Waals surface area contributed by atoms with Crippen LogP contribution in [-0.4, -0.2) is 27.0 Å². The summed E-state index contributed by atoms with van der Waals surface area (Å²) < 4.78 is 0. The molecule has 0 spiro atoms. The molecule has 1 heterocycles. The molecule has 0 amide bonds. The van der Waals surface area contributed by atoms with Gasteiger partial charge in [-0.3, -0.25) is 0 Å². The highest BCUT2D eigenvalue weighted by Gasteiger charge is 2.44. The Morgan fingerprint density at radius 3 is 2.59 bits per heavy atom. The van der Waals surface area contributed by atoms with Crippen molar-refractivity contribution in [2.24, 2.45) is 5.41 Å². The lowest BCUT2D eigenvalue weighted by molar-refractivity contribution is 0.563. The Morgan fingerprint density at radius 1 is 1.29 bits per heavy atom. The molecule has 1 aliphatic carbocycles. The third-order valence-electron chi connectivity index (χ3n) is 3.64. The molecule has 1 atom stereocenters. The normalized spacial score (nSPS) is 30.1. The lowest BCUT2D eigenvalue weighted by atomic mass is 9.75. The largest absolute Gasteiger partial charge is 0.326 e. The van der Waals surface area contributed by atoms with Crippen LogP contribution in [0.2, 0.25) is 0 Å². The zero-order valence-corrected chi connectivity index (χ0v) is 12.5. The van der Waals surface area contributed by atoms with Crippen molar-refractivity contribution in [3.05, 3.63) is 11.6 Å². The maximum absolute atomic E-state index is 5.57.